The van der Waals surface area contributed by atoms with E-state index in [1.807, 2.05) is 0 Å². The summed E-state index contributed by atoms with van der Waals surface area (Å²) >= 11 is 0. The Balaban J connectivity index is 2.73. The van der Waals surface area contributed by atoms with Crippen molar-refractivity contribution in [3.05, 3.63) is 48.0 Å². The van der Waals surface area contributed by atoms with Gasteiger partial charge in [0.05, 0.1) is 17.2 Å². The molecule has 0 atom stereocenters. The number of hydrogen-bond acceptors (Lipinski definition) is 3. The van der Waals surface area contributed by atoms with Gasteiger partial charge < -0.3 is 0 Å². The summed E-state index contributed by atoms with van der Waals surface area (Å²) < 4.78 is 39.0. The molecular formula is C12H6F3N3. The van der Waals surface area contributed by atoms with E-state index in [0.29, 0.717) is 0 Å². The lowest BCUT2D eigenvalue weighted by molar-refractivity contribution is -0.137. The highest BCUT2D eigenvalue weighted by atomic mass is 19.4. The predicted octanol–water partition coefficient (Wildman–Crippen LogP) is 3.03. The lowest BCUT2D eigenvalue weighted by atomic mass is 9.97. The molecule has 0 aliphatic heterocycles. The molecular weight excluding hydrogens is 243 g/mol. The minimum atomic E-state index is -4.60. The van der Waals surface area contributed by atoms with Crippen molar-refractivity contribution in [3.8, 4) is 17.2 Å². The van der Waals surface area contributed by atoms with E-state index in [4.69, 9.17) is 5.26 Å². The van der Waals surface area contributed by atoms with Gasteiger partial charge in [-0.1, -0.05) is 12.1 Å². The lowest BCUT2D eigenvalue weighted by Gasteiger charge is -2.13. The molecule has 18 heavy (non-hydrogen) atoms. The van der Waals surface area contributed by atoms with Crippen molar-refractivity contribution in [2.45, 2.75) is 6.18 Å². The first kappa shape index (κ1) is 12.0. The molecule has 2 rings (SSSR count). The van der Waals surface area contributed by atoms with Crippen LogP contribution in [0, 0.1) is 11.3 Å². The highest BCUT2D eigenvalue weighted by Gasteiger charge is 2.36. The molecule has 0 saturated carbocycles. The smallest absolute Gasteiger partial charge is 0.244 e. The van der Waals surface area contributed by atoms with Gasteiger partial charge in [-0.3, -0.25) is 0 Å². The maximum Gasteiger partial charge on any atom is 0.418 e. The normalized spacial score (nSPS) is 11.0. The van der Waals surface area contributed by atoms with Gasteiger partial charge in [-0.25, -0.2) is 9.97 Å². The summed E-state index contributed by atoms with van der Waals surface area (Å²) in [5.41, 5.74) is -1.24. The monoisotopic (exact) mass is 249 g/mol. The summed E-state index contributed by atoms with van der Waals surface area (Å²) in [5.74, 6) is 0. The summed E-state index contributed by atoms with van der Waals surface area (Å²) in [4.78, 5) is 7.36. The summed E-state index contributed by atoms with van der Waals surface area (Å²) in [5, 5.41) is 8.77. The minimum absolute atomic E-state index is 0.0952. The Morgan fingerprint density at radius 2 is 1.78 bits per heavy atom. The Morgan fingerprint density at radius 3 is 2.33 bits per heavy atom. The van der Waals surface area contributed by atoms with Crippen LogP contribution in [0.5, 0.6) is 0 Å². The quantitative estimate of drug-likeness (QED) is 0.780. The zero-order chi connectivity index (χ0) is 13.2. The molecule has 0 aliphatic rings. The van der Waals surface area contributed by atoms with Gasteiger partial charge in [-0.15, -0.1) is 0 Å². The summed E-state index contributed by atoms with van der Waals surface area (Å²) in [7, 11) is 0. The van der Waals surface area contributed by atoms with Crippen molar-refractivity contribution in [1.82, 2.24) is 9.97 Å². The number of rotatable bonds is 1. The largest absolute Gasteiger partial charge is 0.418 e. The van der Waals surface area contributed by atoms with Crippen molar-refractivity contribution in [2.24, 2.45) is 0 Å². The second-order valence-corrected chi connectivity index (χ2v) is 3.46. The topological polar surface area (TPSA) is 49.6 Å². The fourth-order valence-electron chi connectivity index (χ4n) is 1.63. The molecule has 1 aromatic heterocycles. The number of alkyl halides is 3. The third-order valence-electron chi connectivity index (χ3n) is 2.34. The molecule has 2 aromatic rings. The standard InChI is InChI=1S/C12H6F3N3/c13-12(14,15)11-8(4-16)2-1-3-10(11)9-5-17-7-18-6-9/h1-3,5-7H. The van der Waals surface area contributed by atoms with Gasteiger partial charge in [0, 0.05) is 18.0 Å². The second-order valence-electron chi connectivity index (χ2n) is 3.46. The molecule has 0 radical (unpaired) electrons. The van der Waals surface area contributed by atoms with Gasteiger partial charge in [0.25, 0.3) is 0 Å². The van der Waals surface area contributed by atoms with Gasteiger partial charge in [-0.05, 0) is 11.6 Å². The number of nitrogens with zero attached hydrogens (tertiary/aromatic N) is 3. The highest BCUT2D eigenvalue weighted by molar-refractivity contribution is 5.69. The Bertz CT molecular complexity index is 600. The van der Waals surface area contributed by atoms with E-state index in [0.717, 1.165) is 6.07 Å². The summed E-state index contributed by atoms with van der Waals surface area (Å²) in [6.07, 6.45) is -0.820. The molecule has 0 amide bonds. The van der Waals surface area contributed by atoms with Crippen LogP contribution in [0.1, 0.15) is 11.1 Å². The first-order chi connectivity index (χ1) is 8.54. The van der Waals surface area contributed by atoms with Crippen molar-refractivity contribution in [2.75, 3.05) is 0 Å². The van der Waals surface area contributed by atoms with E-state index in [1.165, 1.54) is 30.9 Å². The van der Waals surface area contributed by atoms with Crippen LogP contribution in [0.15, 0.2) is 36.9 Å². The molecule has 0 aliphatic carbocycles. The molecule has 0 N–H and O–H groups in total. The molecule has 90 valence electrons. The first-order valence-electron chi connectivity index (χ1n) is 4.89. The molecule has 0 fully saturated rings. The molecule has 1 aromatic carbocycles. The van der Waals surface area contributed by atoms with E-state index in [-0.39, 0.29) is 11.1 Å². The Morgan fingerprint density at radius 1 is 1.11 bits per heavy atom. The third-order valence-corrected chi connectivity index (χ3v) is 2.34. The van der Waals surface area contributed by atoms with E-state index >= 15 is 0 Å². The van der Waals surface area contributed by atoms with Gasteiger partial charge in [0.15, 0.2) is 0 Å². The maximum absolute atomic E-state index is 13.0. The summed E-state index contributed by atoms with van der Waals surface area (Å²) in [6, 6.07) is 5.38. The predicted molar refractivity (Wildman–Crippen MR) is 57.2 cm³/mol. The Kier molecular flexibility index (Phi) is 2.98. The number of benzene rings is 1. The zero-order valence-electron chi connectivity index (χ0n) is 8.94. The minimum Gasteiger partial charge on any atom is -0.244 e. The van der Waals surface area contributed by atoms with Crippen LogP contribution < -0.4 is 0 Å². The molecule has 3 nitrogen and oxygen atoms in total. The summed E-state index contributed by atoms with van der Waals surface area (Å²) in [6.45, 7) is 0. The average molecular weight is 249 g/mol. The van der Waals surface area contributed by atoms with Crippen LogP contribution >= 0.6 is 0 Å². The van der Waals surface area contributed by atoms with Crippen molar-refractivity contribution < 1.29 is 13.2 Å². The molecule has 1 heterocycles. The van der Waals surface area contributed by atoms with Crippen LogP contribution in [0.25, 0.3) is 11.1 Å². The van der Waals surface area contributed by atoms with Crippen molar-refractivity contribution in [3.63, 3.8) is 0 Å². The van der Waals surface area contributed by atoms with Crippen molar-refractivity contribution in [1.29, 1.82) is 5.26 Å². The van der Waals surface area contributed by atoms with Crippen molar-refractivity contribution >= 4 is 0 Å². The van der Waals surface area contributed by atoms with E-state index in [2.05, 4.69) is 9.97 Å². The average Bonchev–Trinajstić information content (AvgIpc) is 2.38. The number of nitriles is 1. The first-order valence-corrected chi connectivity index (χ1v) is 4.89. The zero-order valence-corrected chi connectivity index (χ0v) is 8.94. The van der Waals surface area contributed by atoms with Crippen LogP contribution in [0.2, 0.25) is 0 Å². The molecule has 0 unspecified atom stereocenters. The van der Waals surface area contributed by atoms with E-state index in [1.54, 1.807) is 6.07 Å². The lowest BCUT2D eigenvalue weighted by Crippen LogP contribution is -2.10. The number of aromatic nitrogens is 2. The maximum atomic E-state index is 13.0. The van der Waals surface area contributed by atoms with Crippen LogP contribution in [-0.4, -0.2) is 9.97 Å². The van der Waals surface area contributed by atoms with Gasteiger partial charge in [0.2, 0.25) is 0 Å². The van der Waals surface area contributed by atoms with E-state index in [9.17, 15) is 13.2 Å². The molecule has 0 spiro atoms. The number of hydrogen-bond donors (Lipinski definition) is 0. The van der Waals surface area contributed by atoms with Crippen LogP contribution in [0.4, 0.5) is 13.2 Å². The fourth-order valence-corrected chi connectivity index (χ4v) is 1.63. The molecule has 6 heteroatoms. The molecule has 0 saturated heterocycles. The Labute approximate surface area is 101 Å². The SMILES string of the molecule is N#Cc1cccc(-c2cncnc2)c1C(F)(F)F. The highest BCUT2D eigenvalue weighted by Crippen LogP contribution is 2.38. The van der Waals surface area contributed by atoms with Gasteiger partial charge >= 0.3 is 6.18 Å². The molecule has 0 bridgehead atoms. The second kappa shape index (κ2) is 4.45. The third kappa shape index (κ3) is 2.15. The van der Waals surface area contributed by atoms with Crippen LogP contribution in [-0.2, 0) is 6.18 Å². The van der Waals surface area contributed by atoms with E-state index < -0.39 is 17.3 Å². The van der Waals surface area contributed by atoms with Crippen LogP contribution in [0.3, 0.4) is 0 Å². The van der Waals surface area contributed by atoms with Gasteiger partial charge in [-0.2, -0.15) is 18.4 Å². The number of halogens is 3. The van der Waals surface area contributed by atoms with Gasteiger partial charge in [0.1, 0.15) is 6.33 Å². The Hall–Kier alpha value is -2.42. The fraction of sp³-hybridized carbons (Fsp3) is 0.0833.